The quantitative estimate of drug-likeness (QED) is 0.343. The molecule has 0 radical (unpaired) electrons. The maximum atomic E-state index is 4.45. The number of aromatic amines is 1. The van der Waals surface area contributed by atoms with E-state index in [2.05, 4.69) is 35.8 Å². The van der Waals surface area contributed by atoms with Crippen molar-refractivity contribution < 1.29 is 0 Å². The molecule has 0 aliphatic rings. The minimum absolute atomic E-state index is 0.356. The Kier molecular flexibility index (Phi) is 5.07. The number of aryl methyl sites for hydroxylation is 1. The molecule has 3 N–H and O–H groups in total. The molecule has 0 aliphatic carbocycles. The number of anilines is 4. The van der Waals surface area contributed by atoms with E-state index in [1.807, 2.05) is 80.6 Å². The van der Waals surface area contributed by atoms with E-state index in [-0.39, 0.29) is 0 Å². The van der Waals surface area contributed by atoms with Crippen molar-refractivity contribution in [1.29, 1.82) is 0 Å². The Morgan fingerprint density at radius 3 is 2.52 bits per heavy atom. The Hall–Kier alpha value is -3.94. The van der Waals surface area contributed by atoms with Crippen LogP contribution in [0.2, 0.25) is 0 Å². The Morgan fingerprint density at radius 2 is 1.72 bits per heavy atom. The highest BCUT2D eigenvalue weighted by atomic mass is 15.4. The number of hydrogen-bond acceptors (Lipinski definition) is 7. The van der Waals surface area contributed by atoms with Gasteiger partial charge in [0.15, 0.2) is 0 Å². The fourth-order valence-electron chi connectivity index (χ4n) is 2.80. The molecule has 0 fully saturated rings. The fraction of sp³-hybridized carbons (Fsp3) is 0.143. The molecule has 8 heteroatoms. The van der Waals surface area contributed by atoms with E-state index >= 15 is 0 Å². The summed E-state index contributed by atoms with van der Waals surface area (Å²) in [5.74, 6) is 1.33. The molecule has 0 aliphatic heterocycles. The van der Waals surface area contributed by atoms with Crippen molar-refractivity contribution in [2.45, 2.75) is 6.92 Å². The van der Waals surface area contributed by atoms with Crippen molar-refractivity contribution in [3.8, 4) is 0 Å². The second-order valence-electron chi connectivity index (χ2n) is 6.83. The SMILES string of the molecule is Cc1ccc(Nc2nc(N/N=C/c3c[nH]c4ccccc34)nc(N(C)C)n2)cc1. The lowest BCUT2D eigenvalue weighted by Crippen LogP contribution is -2.15. The molecule has 4 aromatic rings. The Bertz CT molecular complexity index is 1150. The normalized spacial score (nSPS) is 11.1. The molecule has 4 rings (SSSR count). The number of nitrogens with zero attached hydrogens (tertiary/aromatic N) is 5. The number of para-hydroxylation sites is 1. The van der Waals surface area contributed by atoms with E-state index in [0.717, 1.165) is 22.2 Å². The molecule has 0 unspecified atom stereocenters. The summed E-state index contributed by atoms with van der Waals surface area (Å²) in [6.07, 6.45) is 3.66. The van der Waals surface area contributed by atoms with Crippen molar-refractivity contribution in [3.63, 3.8) is 0 Å². The Labute approximate surface area is 168 Å². The van der Waals surface area contributed by atoms with Crippen LogP contribution in [-0.4, -0.2) is 40.2 Å². The van der Waals surface area contributed by atoms with Crippen LogP contribution in [-0.2, 0) is 0 Å². The first-order chi connectivity index (χ1) is 14.1. The summed E-state index contributed by atoms with van der Waals surface area (Å²) in [5.41, 5.74) is 7.04. The minimum atomic E-state index is 0.356. The molecule has 0 bridgehead atoms. The molecular weight excluding hydrogens is 364 g/mol. The van der Waals surface area contributed by atoms with Crippen molar-refractivity contribution in [2.75, 3.05) is 29.7 Å². The van der Waals surface area contributed by atoms with Gasteiger partial charge < -0.3 is 15.2 Å². The highest BCUT2D eigenvalue weighted by Crippen LogP contribution is 2.18. The lowest BCUT2D eigenvalue weighted by atomic mass is 10.2. The standard InChI is InChI=1S/C21H22N8/c1-14-8-10-16(11-9-14)24-19-25-20(27-21(26-19)29(2)3)28-23-13-15-12-22-18-7-5-4-6-17(15)18/h4-13,22H,1-3H3,(H2,24,25,26,27,28)/b23-13+. The van der Waals surface area contributed by atoms with Gasteiger partial charge in [-0.05, 0) is 25.1 Å². The van der Waals surface area contributed by atoms with Crippen LogP contribution in [0.5, 0.6) is 0 Å². The van der Waals surface area contributed by atoms with Crippen molar-refractivity contribution in [3.05, 3.63) is 65.9 Å². The fourth-order valence-corrected chi connectivity index (χ4v) is 2.80. The monoisotopic (exact) mass is 386 g/mol. The average molecular weight is 386 g/mol. The number of H-pyrrole nitrogens is 1. The van der Waals surface area contributed by atoms with Gasteiger partial charge in [-0.25, -0.2) is 5.43 Å². The molecule has 2 aromatic heterocycles. The van der Waals surface area contributed by atoms with Crippen LogP contribution in [0.15, 0.2) is 59.8 Å². The molecule has 2 aromatic carbocycles. The Balaban J connectivity index is 1.55. The van der Waals surface area contributed by atoms with Gasteiger partial charge in [0.05, 0.1) is 6.21 Å². The van der Waals surface area contributed by atoms with Gasteiger partial charge in [0.25, 0.3) is 0 Å². The predicted octanol–water partition coefficient (Wildman–Crippen LogP) is 3.92. The number of hydrogen-bond donors (Lipinski definition) is 3. The highest BCUT2D eigenvalue weighted by Gasteiger charge is 2.08. The topological polar surface area (TPSA) is 94.1 Å². The number of benzene rings is 2. The second-order valence-corrected chi connectivity index (χ2v) is 6.83. The number of nitrogens with one attached hydrogen (secondary N) is 3. The number of fused-ring (bicyclic) bond motifs is 1. The Morgan fingerprint density at radius 1 is 0.966 bits per heavy atom. The van der Waals surface area contributed by atoms with E-state index in [9.17, 15) is 0 Å². The van der Waals surface area contributed by atoms with Crippen molar-refractivity contribution in [2.24, 2.45) is 5.10 Å². The number of rotatable bonds is 6. The first kappa shape index (κ1) is 18.4. The third kappa shape index (κ3) is 4.32. The number of aromatic nitrogens is 4. The molecule has 8 nitrogen and oxygen atoms in total. The molecule has 0 amide bonds. The summed E-state index contributed by atoms with van der Waals surface area (Å²) >= 11 is 0. The summed E-state index contributed by atoms with van der Waals surface area (Å²) in [6, 6.07) is 16.1. The van der Waals surface area contributed by atoms with Gasteiger partial charge >= 0.3 is 0 Å². The van der Waals surface area contributed by atoms with E-state index in [1.165, 1.54) is 5.56 Å². The molecule has 0 atom stereocenters. The van der Waals surface area contributed by atoms with Gasteiger partial charge in [0.1, 0.15) is 0 Å². The smallest absolute Gasteiger partial charge is 0.250 e. The molecule has 0 saturated carbocycles. The summed E-state index contributed by atoms with van der Waals surface area (Å²) in [6.45, 7) is 2.05. The zero-order valence-electron chi connectivity index (χ0n) is 16.5. The van der Waals surface area contributed by atoms with Crippen LogP contribution in [0.3, 0.4) is 0 Å². The summed E-state index contributed by atoms with van der Waals surface area (Å²) in [7, 11) is 3.76. The second kappa shape index (κ2) is 7.97. The first-order valence-electron chi connectivity index (χ1n) is 9.21. The van der Waals surface area contributed by atoms with Gasteiger partial charge in [-0.1, -0.05) is 35.9 Å². The maximum Gasteiger partial charge on any atom is 0.250 e. The zero-order chi connectivity index (χ0) is 20.2. The van der Waals surface area contributed by atoms with E-state index < -0.39 is 0 Å². The van der Waals surface area contributed by atoms with Gasteiger partial charge in [-0.2, -0.15) is 20.1 Å². The molecular formula is C21H22N8. The van der Waals surface area contributed by atoms with Crippen LogP contribution in [0.4, 0.5) is 23.5 Å². The summed E-state index contributed by atoms with van der Waals surface area (Å²) < 4.78 is 0. The zero-order valence-corrected chi connectivity index (χ0v) is 16.5. The van der Waals surface area contributed by atoms with Gasteiger partial charge in [-0.3, -0.25) is 0 Å². The third-order valence-corrected chi connectivity index (χ3v) is 4.32. The molecule has 0 spiro atoms. The van der Waals surface area contributed by atoms with Crippen molar-refractivity contribution in [1.82, 2.24) is 19.9 Å². The van der Waals surface area contributed by atoms with Gasteiger partial charge in [-0.15, -0.1) is 0 Å². The third-order valence-electron chi connectivity index (χ3n) is 4.32. The van der Waals surface area contributed by atoms with E-state index in [1.54, 1.807) is 6.21 Å². The minimum Gasteiger partial charge on any atom is -0.361 e. The molecule has 0 saturated heterocycles. The van der Waals surface area contributed by atoms with Crippen molar-refractivity contribution >= 4 is 40.6 Å². The van der Waals surface area contributed by atoms with E-state index in [4.69, 9.17) is 0 Å². The average Bonchev–Trinajstić information content (AvgIpc) is 3.13. The molecule has 2 heterocycles. The van der Waals surface area contributed by atoms with Crippen LogP contribution >= 0.6 is 0 Å². The lowest BCUT2D eigenvalue weighted by Gasteiger charge is -2.13. The summed E-state index contributed by atoms with van der Waals surface area (Å²) in [4.78, 5) is 18.3. The van der Waals surface area contributed by atoms with Gasteiger partial charge in [0.2, 0.25) is 17.8 Å². The maximum absolute atomic E-state index is 4.45. The molecule has 29 heavy (non-hydrogen) atoms. The predicted molar refractivity (Wildman–Crippen MR) is 118 cm³/mol. The van der Waals surface area contributed by atoms with E-state index in [0.29, 0.717) is 17.8 Å². The first-order valence-corrected chi connectivity index (χ1v) is 9.21. The van der Waals surface area contributed by atoms with Crippen LogP contribution in [0.1, 0.15) is 11.1 Å². The summed E-state index contributed by atoms with van der Waals surface area (Å²) in [5, 5.41) is 8.61. The van der Waals surface area contributed by atoms with Crippen LogP contribution in [0, 0.1) is 6.92 Å². The number of hydrazone groups is 1. The lowest BCUT2D eigenvalue weighted by molar-refractivity contribution is 0.957. The van der Waals surface area contributed by atoms with Crippen LogP contribution < -0.4 is 15.6 Å². The van der Waals surface area contributed by atoms with Crippen LogP contribution in [0.25, 0.3) is 10.9 Å². The molecule has 146 valence electrons. The van der Waals surface area contributed by atoms with Gasteiger partial charge in [0, 0.05) is 42.4 Å². The highest BCUT2D eigenvalue weighted by molar-refractivity contribution is 5.99. The largest absolute Gasteiger partial charge is 0.361 e.